The second kappa shape index (κ2) is 12.6. The highest BCUT2D eigenvalue weighted by Crippen LogP contribution is 2.50. The number of ether oxygens (including phenoxy) is 2. The first-order valence-corrected chi connectivity index (χ1v) is 15.4. The summed E-state index contributed by atoms with van der Waals surface area (Å²) >= 11 is 6.62. The number of fused-ring (bicyclic) bond motifs is 1. The monoisotopic (exact) mass is 636 g/mol. The fraction of sp³-hybridized carbons (Fsp3) is 0.382. The van der Waals surface area contributed by atoms with Crippen molar-refractivity contribution in [1.82, 2.24) is 15.3 Å². The lowest BCUT2D eigenvalue weighted by atomic mass is 9.81. The van der Waals surface area contributed by atoms with Crippen LogP contribution in [0, 0.1) is 5.82 Å². The Morgan fingerprint density at radius 3 is 2.60 bits per heavy atom. The van der Waals surface area contributed by atoms with E-state index in [2.05, 4.69) is 15.3 Å². The number of aliphatic hydroxyl groups is 1. The van der Waals surface area contributed by atoms with Gasteiger partial charge in [-0.2, -0.15) is 0 Å². The lowest BCUT2D eigenvalue weighted by Crippen LogP contribution is -2.48. The van der Waals surface area contributed by atoms with Gasteiger partial charge >= 0.3 is 0 Å². The Labute approximate surface area is 265 Å². The molecule has 3 aromatic rings. The number of hydrogen-bond donors (Lipinski definition) is 3. The summed E-state index contributed by atoms with van der Waals surface area (Å²) in [6.45, 7) is 2.12. The minimum Gasteiger partial charge on any atom is -0.480 e. The second-order valence-corrected chi connectivity index (χ2v) is 12.6. The van der Waals surface area contributed by atoms with Gasteiger partial charge in [-0.25, -0.2) is 18.7 Å². The SMILES string of the molecule is C[C@]1(O)CC[C@H](NC[C@@]2(c3ccccc3)Cc3c(cc(F)c(Cl)c3C3=C(C(N)=O)C=CC(OCc4ncccn4)C3F)O2)CC1. The van der Waals surface area contributed by atoms with Crippen molar-refractivity contribution in [3.8, 4) is 5.75 Å². The first kappa shape index (κ1) is 31.3. The summed E-state index contributed by atoms with van der Waals surface area (Å²) in [5.74, 6) is -1.14. The van der Waals surface area contributed by atoms with Crippen molar-refractivity contribution in [2.45, 2.75) is 75.2 Å². The van der Waals surface area contributed by atoms with E-state index in [4.69, 9.17) is 26.8 Å². The van der Waals surface area contributed by atoms with E-state index in [1.54, 1.807) is 18.5 Å². The third kappa shape index (κ3) is 6.37. The van der Waals surface area contributed by atoms with Crippen molar-refractivity contribution in [2.75, 3.05) is 6.54 Å². The van der Waals surface area contributed by atoms with Crippen LogP contribution in [0.2, 0.25) is 5.02 Å². The molecule has 1 amide bonds. The average Bonchev–Trinajstić information content (AvgIpc) is 3.40. The zero-order chi connectivity index (χ0) is 31.8. The Morgan fingerprint density at radius 1 is 1.20 bits per heavy atom. The maximum atomic E-state index is 16.5. The van der Waals surface area contributed by atoms with Gasteiger partial charge in [0, 0.05) is 59.7 Å². The molecule has 2 heterocycles. The molecular weight excluding hydrogens is 602 g/mol. The average molecular weight is 637 g/mol. The number of rotatable bonds is 9. The topological polar surface area (TPSA) is 120 Å². The number of primary amides is 1. The molecule has 1 aliphatic heterocycles. The van der Waals surface area contributed by atoms with Crippen LogP contribution in [0.5, 0.6) is 5.75 Å². The maximum Gasteiger partial charge on any atom is 0.249 e. The van der Waals surface area contributed by atoms with Gasteiger partial charge in [0.25, 0.3) is 0 Å². The number of benzene rings is 2. The molecule has 236 valence electrons. The highest BCUT2D eigenvalue weighted by atomic mass is 35.5. The Kier molecular flexibility index (Phi) is 8.76. The zero-order valence-electron chi connectivity index (χ0n) is 24.8. The van der Waals surface area contributed by atoms with Crippen molar-refractivity contribution < 1.29 is 28.2 Å². The fourth-order valence-electron chi connectivity index (χ4n) is 6.47. The van der Waals surface area contributed by atoms with E-state index >= 15 is 8.78 Å². The predicted molar refractivity (Wildman–Crippen MR) is 166 cm³/mol. The minimum atomic E-state index is -1.91. The van der Waals surface area contributed by atoms with Gasteiger partial charge in [-0.05, 0) is 44.2 Å². The summed E-state index contributed by atoms with van der Waals surface area (Å²) < 4.78 is 44.5. The molecular formula is C34H35ClF2N4O4. The normalized spacial score (nSPS) is 27.7. The number of nitrogens with zero attached hydrogens (tertiary/aromatic N) is 2. The number of aromatic nitrogens is 2. The van der Waals surface area contributed by atoms with Crippen molar-refractivity contribution in [1.29, 1.82) is 0 Å². The lowest BCUT2D eigenvalue weighted by molar-refractivity contribution is -0.114. The van der Waals surface area contributed by atoms with Crippen LogP contribution in [0.3, 0.4) is 0 Å². The minimum absolute atomic E-state index is 0.0356. The Bertz CT molecular complexity index is 1630. The van der Waals surface area contributed by atoms with Gasteiger partial charge in [-0.15, -0.1) is 0 Å². The molecule has 8 nitrogen and oxygen atoms in total. The quantitative estimate of drug-likeness (QED) is 0.298. The van der Waals surface area contributed by atoms with Crippen LogP contribution < -0.4 is 15.8 Å². The number of nitrogens with one attached hydrogen (secondary N) is 1. The van der Waals surface area contributed by atoms with E-state index in [0.717, 1.165) is 18.4 Å². The molecule has 2 aromatic carbocycles. The Hall–Kier alpha value is -3.70. The highest BCUT2D eigenvalue weighted by Gasteiger charge is 2.46. The van der Waals surface area contributed by atoms with Crippen LogP contribution in [-0.4, -0.2) is 51.4 Å². The summed E-state index contributed by atoms with van der Waals surface area (Å²) in [5, 5.41) is 13.7. The third-order valence-electron chi connectivity index (χ3n) is 8.96. The molecule has 3 atom stereocenters. The van der Waals surface area contributed by atoms with Crippen LogP contribution in [0.1, 0.15) is 55.1 Å². The molecule has 1 saturated carbocycles. The van der Waals surface area contributed by atoms with Crippen LogP contribution in [0.25, 0.3) is 5.57 Å². The molecule has 3 aliphatic rings. The van der Waals surface area contributed by atoms with Gasteiger partial charge in [-0.1, -0.05) is 54.1 Å². The lowest BCUT2D eigenvalue weighted by Gasteiger charge is -2.36. The molecule has 2 unspecified atom stereocenters. The molecule has 2 aliphatic carbocycles. The molecule has 0 bridgehead atoms. The molecule has 1 aromatic heterocycles. The van der Waals surface area contributed by atoms with Gasteiger partial charge in [-0.3, -0.25) is 4.79 Å². The zero-order valence-corrected chi connectivity index (χ0v) is 25.6. The van der Waals surface area contributed by atoms with Crippen molar-refractivity contribution in [3.63, 3.8) is 0 Å². The van der Waals surface area contributed by atoms with E-state index in [0.29, 0.717) is 30.8 Å². The molecule has 0 saturated heterocycles. The molecule has 0 spiro atoms. The summed E-state index contributed by atoms with van der Waals surface area (Å²) in [6.07, 6.45) is 5.97. The number of amides is 1. The summed E-state index contributed by atoms with van der Waals surface area (Å²) in [5.41, 5.74) is 5.12. The Balaban J connectivity index is 1.37. The van der Waals surface area contributed by atoms with E-state index in [9.17, 15) is 9.90 Å². The molecule has 4 N–H and O–H groups in total. The van der Waals surface area contributed by atoms with Crippen LogP contribution in [-0.2, 0) is 28.2 Å². The first-order chi connectivity index (χ1) is 21.6. The number of carbonyl (C=O) groups excluding carboxylic acids is 1. The van der Waals surface area contributed by atoms with E-state index < -0.39 is 35.2 Å². The van der Waals surface area contributed by atoms with Gasteiger partial charge in [0.15, 0.2) is 17.6 Å². The van der Waals surface area contributed by atoms with Gasteiger partial charge in [0.05, 0.1) is 10.6 Å². The standard InChI is InChI=1S/C34H35ClF2N4O4/c1-33(43)12-10-21(11-13-33)41-19-34(20-6-3-2-4-7-20)17-23-26(45-34)16-24(36)30(35)28(23)29-22(32(38)42)8-9-25(31(29)37)44-18-27-39-14-5-15-40-27/h2-9,14-16,21,25,31,41,43H,10-13,17-19H2,1H3,(H2,38,42)/t21-,25?,31?,33-,34-/m1/s1. The number of alkyl halides is 1. The van der Waals surface area contributed by atoms with Crippen molar-refractivity contribution in [2.24, 2.45) is 5.73 Å². The van der Waals surface area contributed by atoms with Gasteiger partial charge < -0.3 is 25.6 Å². The molecule has 0 radical (unpaired) electrons. The Morgan fingerprint density at radius 2 is 1.91 bits per heavy atom. The summed E-state index contributed by atoms with van der Waals surface area (Å²) in [6, 6.07) is 12.6. The number of halogens is 3. The molecule has 6 rings (SSSR count). The highest BCUT2D eigenvalue weighted by molar-refractivity contribution is 6.33. The number of hydrogen-bond acceptors (Lipinski definition) is 7. The number of nitrogens with two attached hydrogens (primary N) is 1. The molecule has 1 fully saturated rings. The second-order valence-electron chi connectivity index (χ2n) is 12.2. The van der Waals surface area contributed by atoms with Crippen molar-refractivity contribution in [3.05, 3.63) is 106 Å². The predicted octanol–water partition coefficient (Wildman–Crippen LogP) is 5.11. The van der Waals surface area contributed by atoms with Crippen LogP contribution >= 0.6 is 11.6 Å². The van der Waals surface area contributed by atoms with E-state index in [1.165, 1.54) is 18.2 Å². The molecule has 11 heteroatoms. The number of carbonyl (C=O) groups is 1. The fourth-order valence-corrected chi connectivity index (χ4v) is 6.74. The van der Waals surface area contributed by atoms with Crippen LogP contribution in [0.4, 0.5) is 8.78 Å². The maximum absolute atomic E-state index is 16.5. The summed E-state index contributed by atoms with van der Waals surface area (Å²) in [7, 11) is 0. The largest absolute Gasteiger partial charge is 0.480 e. The third-order valence-corrected chi connectivity index (χ3v) is 9.33. The smallest absolute Gasteiger partial charge is 0.249 e. The molecule has 45 heavy (non-hydrogen) atoms. The van der Waals surface area contributed by atoms with Gasteiger partial charge in [0.1, 0.15) is 24.3 Å². The van der Waals surface area contributed by atoms with Gasteiger partial charge in [0.2, 0.25) is 5.91 Å². The first-order valence-electron chi connectivity index (χ1n) is 15.0. The van der Waals surface area contributed by atoms with Crippen LogP contribution in [0.15, 0.2) is 72.6 Å². The van der Waals surface area contributed by atoms with E-state index in [1.807, 2.05) is 37.3 Å². The van der Waals surface area contributed by atoms with Crippen molar-refractivity contribution >= 4 is 23.1 Å². The summed E-state index contributed by atoms with van der Waals surface area (Å²) in [4.78, 5) is 20.8. The van der Waals surface area contributed by atoms with E-state index in [-0.39, 0.29) is 46.6 Å².